The van der Waals surface area contributed by atoms with Gasteiger partial charge in [-0.1, -0.05) is 29.8 Å². The molecule has 0 unspecified atom stereocenters. The van der Waals surface area contributed by atoms with Crippen molar-refractivity contribution in [2.24, 2.45) is 0 Å². The Bertz CT molecular complexity index is 1090. The lowest BCUT2D eigenvalue weighted by Gasteiger charge is -2.34. The number of halogens is 2. The van der Waals surface area contributed by atoms with Crippen LogP contribution >= 0.6 is 11.6 Å². The van der Waals surface area contributed by atoms with Crippen LogP contribution in [0.3, 0.4) is 0 Å². The fraction of sp³-hybridized carbons (Fsp3) is 0.227. The number of amides is 2. The molecule has 0 atom stereocenters. The van der Waals surface area contributed by atoms with Crippen LogP contribution < -0.4 is 0 Å². The molecular weight excluding hydrogens is 407 g/mol. The van der Waals surface area contributed by atoms with Gasteiger partial charge in [0.1, 0.15) is 11.5 Å². The van der Waals surface area contributed by atoms with E-state index in [2.05, 4.69) is 5.10 Å². The van der Waals surface area contributed by atoms with Gasteiger partial charge in [0.05, 0.1) is 16.4 Å². The lowest BCUT2D eigenvalue weighted by atomic mass is 10.1. The van der Waals surface area contributed by atoms with E-state index in [1.165, 1.54) is 23.7 Å². The van der Waals surface area contributed by atoms with Gasteiger partial charge in [0.2, 0.25) is 5.91 Å². The summed E-state index contributed by atoms with van der Waals surface area (Å²) >= 11 is 6.33. The smallest absolute Gasteiger partial charge is 0.272 e. The molecule has 0 spiro atoms. The number of rotatable bonds is 3. The van der Waals surface area contributed by atoms with E-state index in [0.717, 1.165) is 0 Å². The van der Waals surface area contributed by atoms with E-state index in [4.69, 9.17) is 11.6 Å². The minimum Gasteiger partial charge on any atom is -0.339 e. The van der Waals surface area contributed by atoms with Gasteiger partial charge in [-0.2, -0.15) is 5.10 Å². The van der Waals surface area contributed by atoms with E-state index in [0.29, 0.717) is 53.8 Å². The number of nitrogens with zero attached hydrogens (tertiary/aromatic N) is 4. The molecule has 2 amide bonds. The van der Waals surface area contributed by atoms with Gasteiger partial charge in [-0.25, -0.2) is 9.07 Å². The summed E-state index contributed by atoms with van der Waals surface area (Å²) in [6.45, 7) is 3.38. The van der Waals surface area contributed by atoms with E-state index in [1.807, 2.05) is 18.2 Å². The number of carbonyl (C=O) groups is 2. The van der Waals surface area contributed by atoms with Gasteiger partial charge in [-0.05, 0) is 36.4 Å². The molecular formula is C22H20ClFN4O2. The van der Waals surface area contributed by atoms with Gasteiger partial charge in [-0.15, -0.1) is 0 Å². The van der Waals surface area contributed by atoms with Crippen molar-refractivity contribution >= 4 is 23.4 Å². The number of benzene rings is 2. The SMILES string of the molecule is CC(=O)N1CCN(C(=O)c2cc(-c3ccccc3Cl)nn2-c2ccc(F)cc2)CC1. The second kappa shape index (κ2) is 8.28. The highest BCUT2D eigenvalue weighted by molar-refractivity contribution is 6.33. The summed E-state index contributed by atoms with van der Waals surface area (Å²) in [6.07, 6.45) is 0. The lowest BCUT2D eigenvalue weighted by Crippen LogP contribution is -2.50. The first kappa shape index (κ1) is 20.1. The predicted molar refractivity (Wildman–Crippen MR) is 112 cm³/mol. The van der Waals surface area contributed by atoms with Crippen molar-refractivity contribution in [1.29, 1.82) is 0 Å². The summed E-state index contributed by atoms with van der Waals surface area (Å²) in [4.78, 5) is 28.3. The van der Waals surface area contributed by atoms with Crippen LogP contribution in [0, 0.1) is 5.82 Å². The van der Waals surface area contributed by atoms with Crippen molar-refractivity contribution in [3.63, 3.8) is 0 Å². The van der Waals surface area contributed by atoms with Crippen LogP contribution in [0.2, 0.25) is 5.02 Å². The van der Waals surface area contributed by atoms with E-state index in [9.17, 15) is 14.0 Å². The highest BCUT2D eigenvalue weighted by Crippen LogP contribution is 2.29. The fourth-order valence-electron chi connectivity index (χ4n) is 3.50. The Morgan fingerprint density at radius 3 is 2.23 bits per heavy atom. The Morgan fingerprint density at radius 1 is 0.967 bits per heavy atom. The Labute approximate surface area is 178 Å². The number of carbonyl (C=O) groups excluding carboxylic acids is 2. The van der Waals surface area contributed by atoms with E-state index in [1.54, 1.807) is 34.1 Å². The molecule has 0 bridgehead atoms. The molecule has 1 fully saturated rings. The zero-order valence-electron chi connectivity index (χ0n) is 16.4. The summed E-state index contributed by atoms with van der Waals surface area (Å²) in [5.74, 6) is -0.571. The zero-order valence-corrected chi connectivity index (χ0v) is 17.1. The molecule has 0 N–H and O–H groups in total. The van der Waals surface area contributed by atoms with E-state index in [-0.39, 0.29) is 17.6 Å². The molecule has 154 valence electrons. The minimum absolute atomic E-state index is 0.000501. The monoisotopic (exact) mass is 426 g/mol. The third-order valence-electron chi connectivity index (χ3n) is 5.16. The molecule has 1 aromatic heterocycles. The Balaban J connectivity index is 1.72. The van der Waals surface area contributed by atoms with Crippen LogP contribution in [0.15, 0.2) is 54.6 Å². The van der Waals surface area contributed by atoms with Gasteiger partial charge < -0.3 is 9.80 Å². The number of hydrogen-bond donors (Lipinski definition) is 0. The molecule has 8 heteroatoms. The van der Waals surface area contributed by atoms with E-state index < -0.39 is 0 Å². The Hall–Kier alpha value is -3.19. The highest BCUT2D eigenvalue weighted by Gasteiger charge is 2.27. The third kappa shape index (κ3) is 3.93. The largest absolute Gasteiger partial charge is 0.339 e. The summed E-state index contributed by atoms with van der Waals surface area (Å²) in [6, 6.07) is 14.8. The number of hydrogen-bond acceptors (Lipinski definition) is 3. The average Bonchev–Trinajstić information content (AvgIpc) is 3.19. The molecule has 6 nitrogen and oxygen atoms in total. The van der Waals surface area contributed by atoms with Gasteiger partial charge in [0.15, 0.2) is 0 Å². The maximum absolute atomic E-state index is 13.4. The van der Waals surface area contributed by atoms with Crippen LogP contribution in [-0.2, 0) is 4.79 Å². The Morgan fingerprint density at radius 2 is 1.60 bits per heavy atom. The predicted octanol–water partition coefficient (Wildman–Crippen LogP) is 3.64. The molecule has 30 heavy (non-hydrogen) atoms. The highest BCUT2D eigenvalue weighted by atomic mass is 35.5. The summed E-state index contributed by atoms with van der Waals surface area (Å²) in [7, 11) is 0. The quantitative estimate of drug-likeness (QED) is 0.642. The van der Waals surface area contributed by atoms with Crippen molar-refractivity contribution in [2.45, 2.75) is 6.92 Å². The summed E-state index contributed by atoms with van der Waals surface area (Å²) in [5, 5.41) is 5.12. The lowest BCUT2D eigenvalue weighted by molar-refractivity contribution is -0.130. The zero-order chi connectivity index (χ0) is 21.3. The normalized spacial score (nSPS) is 14.1. The van der Waals surface area contributed by atoms with Crippen molar-refractivity contribution in [3.05, 3.63) is 71.1 Å². The minimum atomic E-state index is -0.370. The van der Waals surface area contributed by atoms with Crippen LogP contribution in [0.1, 0.15) is 17.4 Å². The summed E-state index contributed by atoms with van der Waals surface area (Å²) < 4.78 is 14.9. The first-order valence-corrected chi connectivity index (χ1v) is 9.97. The molecule has 2 heterocycles. The number of aromatic nitrogens is 2. The van der Waals surface area contributed by atoms with Crippen LogP contribution in [0.4, 0.5) is 4.39 Å². The van der Waals surface area contributed by atoms with Crippen LogP contribution in [0.25, 0.3) is 16.9 Å². The van der Waals surface area contributed by atoms with Crippen LogP contribution in [-0.4, -0.2) is 57.6 Å². The number of piperazine rings is 1. The van der Waals surface area contributed by atoms with Gasteiger partial charge in [0, 0.05) is 38.7 Å². The molecule has 2 aromatic carbocycles. The van der Waals surface area contributed by atoms with Gasteiger partial charge in [0.25, 0.3) is 5.91 Å². The maximum atomic E-state index is 13.4. The molecule has 0 saturated carbocycles. The molecule has 0 radical (unpaired) electrons. The second-order valence-electron chi connectivity index (χ2n) is 7.08. The third-order valence-corrected chi connectivity index (χ3v) is 5.49. The fourth-order valence-corrected chi connectivity index (χ4v) is 3.73. The molecule has 4 rings (SSSR count). The molecule has 1 saturated heterocycles. The van der Waals surface area contributed by atoms with Crippen molar-refractivity contribution < 1.29 is 14.0 Å². The Kier molecular flexibility index (Phi) is 5.55. The van der Waals surface area contributed by atoms with Crippen molar-refractivity contribution in [2.75, 3.05) is 26.2 Å². The van der Waals surface area contributed by atoms with Crippen LogP contribution in [0.5, 0.6) is 0 Å². The standard InChI is InChI=1S/C22H20ClFN4O2/c1-15(29)26-10-12-27(13-11-26)22(30)21-14-20(18-4-2-3-5-19(18)23)25-28(21)17-8-6-16(24)7-9-17/h2-9,14H,10-13H2,1H3. The van der Waals surface area contributed by atoms with Gasteiger partial charge >= 0.3 is 0 Å². The molecule has 1 aliphatic rings. The summed E-state index contributed by atoms with van der Waals surface area (Å²) in [5.41, 5.74) is 2.18. The molecule has 3 aromatic rings. The maximum Gasteiger partial charge on any atom is 0.272 e. The van der Waals surface area contributed by atoms with Gasteiger partial charge in [-0.3, -0.25) is 9.59 Å². The first-order valence-electron chi connectivity index (χ1n) is 9.60. The first-order chi connectivity index (χ1) is 14.4. The second-order valence-corrected chi connectivity index (χ2v) is 7.49. The average molecular weight is 427 g/mol. The van der Waals surface area contributed by atoms with Crippen molar-refractivity contribution in [3.8, 4) is 16.9 Å². The molecule has 1 aliphatic heterocycles. The van der Waals surface area contributed by atoms with Crippen molar-refractivity contribution in [1.82, 2.24) is 19.6 Å². The molecule has 0 aliphatic carbocycles. The van der Waals surface area contributed by atoms with E-state index >= 15 is 0 Å². The topological polar surface area (TPSA) is 58.4 Å².